The molecule has 0 saturated heterocycles. The molecular formula is C10H10Cl3NO. The zero-order chi connectivity index (χ0) is 11.3. The van der Waals surface area contributed by atoms with E-state index in [0.717, 1.165) is 0 Å². The van der Waals surface area contributed by atoms with Crippen molar-refractivity contribution in [2.75, 3.05) is 6.61 Å². The number of hydrogen-bond acceptors (Lipinski definition) is 2. The summed E-state index contributed by atoms with van der Waals surface area (Å²) in [6, 6.07) is 5.34. The Kier molecular flexibility index (Phi) is 4.87. The third-order valence-electron chi connectivity index (χ3n) is 1.63. The molecule has 0 spiro atoms. The van der Waals surface area contributed by atoms with Crippen molar-refractivity contribution in [2.24, 2.45) is 0 Å². The van der Waals surface area contributed by atoms with Gasteiger partial charge in [0.15, 0.2) is 0 Å². The minimum absolute atomic E-state index is 0.301. The van der Waals surface area contributed by atoms with E-state index in [2.05, 4.69) is 11.6 Å². The van der Waals surface area contributed by atoms with E-state index in [-0.39, 0.29) is 0 Å². The van der Waals surface area contributed by atoms with Gasteiger partial charge >= 0.3 is 0 Å². The van der Waals surface area contributed by atoms with Gasteiger partial charge in [0, 0.05) is 6.20 Å². The van der Waals surface area contributed by atoms with Crippen LogP contribution in [0, 0.1) is 0 Å². The van der Waals surface area contributed by atoms with Gasteiger partial charge in [0.05, 0.1) is 12.3 Å². The zero-order valence-corrected chi connectivity index (χ0v) is 10.1. The summed E-state index contributed by atoms with van der Waals surface area (Å²) in [6.07, 6.45) is 2.52. The zero-order valence-electron chi connectivity index (χ0n) is 7.87. The Hall–Kier alpha value is -0.280. The Morgan fingerprint density at radius 2 is 2.20 bits per heavy atom. The molecule has 1 rings (SSSR count). The van der Waals surface area contributed by atoms with E-state index < -0.39 is 9.90 Å². The molecule has 5 heteroatoms. The number of pyridine rings is 1. The van der Waals surface area contributed by atoms with E-state index in [0.29, 0.717) is 12.3 Å². The highest BCUT2D eigenvalue weighted by Gasteiger charge is 2.35. The highest BCUT2D eigenvalue weighted by molar-refractivity contribution is 6.68. The van der Waals surface area contributed by atoms with Gasteiger partial charge in [-0.1, -0.05) is 46.9 Å². The average Bonchev–Trinajstić information content (AvgIpc) is 2.18. The number of aromatic nitrogens is 1. The second-order valence-electron chi connectivity index (χ2n) is 2.80. The third-order valence-corrected chi connectivity index (χ3v) is 2.23. The highest BCUT2D eigenvalue weighted by atomic mass is 35.6. The summed E-state index contributed by atoms with van der Waals surface area (Å²) < 4.78 is 3.82. The molecule has 1 heterocycles. The van der Waals surface area contributed by atoms with E-state index in [4.69, 9.17) is 39.5 Å². The lowest BCUT2D eigenvalue weighted by Gasteiger charge is -2.23. The molecule has 1 unspecified atom stereocenters. The lowest BCUT2D eigenvalue weighted by atomic mass is 10.2. The lowest BCUT2D eigenvalue weighted by molar-refractivity contribution is 0.0740. The molecule has 0 amide bonds. The van der Waals surface area contributed by atoms with E-state index >= 15 is 0 Å². The molecule has 82 valence electrons. The van der Waals surface area contributed by atoms with Crippen LogP contribution in [-0.2, 0) is 4.74 Å². The fraction of sp³-hybridized carbons (Fsp3) is 0.300. The van der Waals surface area contributed by atoms with Gasteiger partial charge in [-0.15, -0.1) is 6.58 Å². The maximum atomic E-state index is 5.80. The summed E-state index contributed by atoms with van der Waals surface area (Å²) in [5.41, 5.74) is 0.583. The second-order valence-corrected chi connectivity index (χ2v) is 5.17. The van der Waals surface area contributed by atoms with Crippen molar-refractivity contribution in [3.63, 3.8) is 0 Å². The molecule has 0 aliphatic rings. The van der Waals surface area contributed by atoms with Crippen LogP contribution >= 0.6 is 34.8 Å². The van der Waals surface area contributed by atoms with Crippen LogP contribution in [0.5, 0.6) is 0 Å². The number of nitrogens with zero attached hydrogens (tertiary/aromatic N) is 1. The summed E-state index contributed by atoms with van der Waals surface area (Å²) in [5, 5.41) is 0. The first-order chi connectivity index (χ1) is 7.05. The fourth-order valence-corrected chi connectivity index (χ4v) is 1.57. The minimum atomic E-state index is -1.54. The van der Waals surface area contributed by atoms with E-state index in [1.54, 1.807) is 24.4 Å². The molecule has 0 bridgehead atoms. The number of ether oxygens (including phenoxy) is 1. The number of hydrogen-bond donors (Lipinski definition) is 0. The molecule has 1 atom stereocenters. The van der Waals surface area contributed by atoms with Gasteiger partial charge in [-0.2, -0.15) is 0 Å². The average molecular weight is 267 g/mol. The van der Waals surface area contributed by atoms with Crippen LogP contribution in [0.2, 0.25) is 0 Å². The van der Waals surface area contributed by atoms with Crippen molar-refractivity contribution in [1.82, 2.24) is 4.98 Å². The predicted octanol–water partition coefficient (Wildman–Crippen LogP) is 3.70. The molecule has 15 heavy (non-hydrogen) atoms. The van der Waals surface area contributed by atoms with Crippen LogP contribution in [0.1, 0.15) is 11.8 Å². The van der Waals surface area contributed by atoms with E-state index in [1.807, 2.05) is 6.07 Å². The Labute approximate surface area is 104 Å². The maximum Gasteiger partial charge on any atom is 0.221 e. The predicted molar refractivity (Wildman–Crippen MR) is 63.4 cm³/mol. The smallest absolute Gasteiger partial charge is 0.221 e. The number of rotatable bonds is 4. The first-order valence-electron chi connectivity index (χ1n) is 4.26. The largest absolute Gasteiger partial charge is 0.363 e. The molecule has 2 nitrogen and oxygen atoms in total. The Morgan fingerprint density at radius 3 is 2.67 bits per heavy atom. The Morgan fingerprint density at radius 1 is 1.47 bits per heavy atom. The second kappa shape index (κ2) is 5.71. The van der Waals surface area contributed by atoms with Gasteiger partial charge < -0.3 is 4.74 Å². The van der Waals surface area contributed by atoms with Crippen molar-refractivity contribution in [2.45, 2.75) is 9.90 Å². The number of alkyl halides is 3. The first-order valence-corrected chi connectivity index (χ1v) is 5.39. The van der Waals surface area contributed by atoms with Gasteiger partial charge in [-0.25, -0.2) is 0 Å². The molecule has 0 fully saturated rings. The Bertz CT molecular complexity index is 310. The molecule has 0 aliphatic carbocycles. The van der Waals surface area contributed by atoms with Crippen LogP contribution < -0.4 is 0 Å². The van der Waals surface area contributed by atoms with Crippen molar-refractivity contribution in [1.29, 1.82) is 0 Å². The summed E-state index contributed by atoms with van der Waals surface area (Å²) in [7, 11) is 0. The fourth-order valence-electron chi connectivity index (χ4n) is 1.04. The first kappa shape index (κ1) is 12.8. The quantitative estimate of drug-likeness (QED) is 0.612. The molecular weight excluding hydrogens is 256 g/mol. The summed E-state index contributed by atoms with van der Waals surface area (Å²) >= 11 is 17.4. The molecule has 0 saturated carbocycles. The lowest BCUT2D eigenvalue weighted by Crippen LogP contribution is -2.21. The topological polar surface area (TPSA) is 22.1 Å². The van der Waals surface area contributed by atoms with E-state index in [9.17, 15) is 0 Å². The van der Waals surface area contributed by atoms with Crippen molar-refractivity contribution < 1.29 is 4.74 Å². The van der Waals surface area contributed by atoms with Crippen LogP contribution in [0.25, 0.3) is 0 Å². The summed E-state index contributed by atoms with van der Waals surface area (Å²) in [4.78, 5) is 4.09. The standard InChI is InChI=1S/C10H10Cl3NO/c1-2-7-15-9(10(11,12)13)8-5-3-4-6-14-8/h2-6,9H,1,7H2. The maximum absolute atomic E-state index is 5.80. The van der Waals surface area contributed by atoms with E-state index in [1.165, 1.54) is 0 Å². The minimum Gasteiger partial charge on any atom is -0.363 e. The molecule has 0 N–H and O–H groups in total. The molecule has 0 radical (unpaired) electrons. The molecule has 1 aromatic heterocycles. The van der Waals surface area contributed by atoms with Gasteiger partial charge in [-0.3, -0.25) is 4.98 Å². The van der Waals surface area contributed by atoms with Crippen molar-refractivity contribution in [3.8, 4) is 0 Å². The third kappa shape index (κ3) is 3.99. The highest BCUT2D eigenvalue weighted by Crippen LogP contribution is 2.41. The molecule has 0 aromatic carbocycles. The Balaban J connectivity index is 2.86. The SMILES string of the molecule is C=CCOC(c1ccccn1)C(Cl)(Cl)Cl. The summed E-state index contributed by atoms with van der Waals surface area (Å²) in [6.45, 7) is 3.83. The van der Waals surface area contributed by atoms with Crippen LogP contribution in [0.3, 0.4) is 0 Å². The van der Waals surface area contributed by atoms with Crippen LogP contribution in [0.15, 0.2) is 37.1 Å². The monoisotopic (exact) mass is 265 g/mol. The van der Waals surface area contributed by atoms with Crippen LogP contribution in [0.4, 0.5) is 0 Å². The molecule has 1 aromatic rings. The number of halogens is 3. The van der Waals surface area contributed by atoms with Crippen molar-refractivity contribution >= 4 is 34.8 Å². The summed E-state index contributed by atoms with van der Waals surface area (Å²) in [5.74, 6) is 0. The normalized spacial score (nSPS) is 13.5. The van der Waals surface area contributed by atoms with Gasteiger partial charge in [0.2, 0.25) is 3.79 Å². The van der Waals surface area contributed by atoms with Crippen molar-refractivity contribution in [3.05, 3.63) is 42.7 Å². The van der Waals surface area contributed by atoms with Crippen LogP contribution in [-0.4, -0.2) is 15.4 Å². The van der Waals surface area contributed by atoms with Gasteiger partial charge in [0.25, 0.3) is 0 Å². The van der Waals surface area contributed by atoms with Gasteiger partial charge in [0.1, 0.15) is 6.10 Å². The molecule has 0 aliphatic heterocycles. The van der Waals surface area contributed by atoms with Gasteiger partial charge in [-0.05, 0) is 12.1 Å².